The van der Waals surface area contributed by atoms with Crippen molar-refractivity contribution in [3.63, 3.8) is 0 Å². The summed E-state index contributed by atoms with van der Waals surface area (Å²) in [5, 5.41) is 2.71. The topological polar surface area (TPSA) is 58.6 Å². The summed E-state index contributed by atoms with van der Waals surface area (Å²) in [7, 11) is 2.05. The second kappa shape index (κ2) is 7.49. The summed E-state index contributed by atoms with van der Waals surface area (Å²) >= 11 is 0. The van der Waals surface area contributed by atoms with E-state index in [1.807, 2.05) is 30.3 Å². The molecule has 2 aromatic carbocycles. The van der Waals surface area contributed by atoms with E-state index in [1.54, 1.807) is 6.92 Å². The van der Waals surface area contributed by atoms with Crippen molar-refractivity contribution in [2.45, 2.75) is 19.9 Å². The van der Waals surface area contributed by atoms with Crippen LogP contribution in [0.15, 0.2) is 42.5 Å². The van der Waals surface area contributed by atoms with Gasteiger partial charge in [0, 0.05) is 18.8 Å². The third-order valence-electron chi connectivity index (χ3n) is 4.40. The van der Waals surface area contributed by atoms with E-state index in [0.29, 0.717) is 5.69 Å². The fraction of sp³-hybridized carbons (Fsp3) is 0.300. The Morgan fingerprint density at radius 2 is 1.88 bits per heavy atom. The Hall–Kier alpha value is -2.66. The Balaban J connectivity index is 1.98. The highest BCUT2D eigenvalue weighted by Crippen LogP contribution is 2.34. The number of amides is 1. The molecule has 0 fully saturated rings. The van der Waals surface area contributed by atoms with Crippen molar-refractivity contribution in [3.05, 3.63) is 53.6 Å². The SMILES string of the molecule is CCOC(=O)C(=O)Nc1ccc(-c2ccccc2)c2c1CN(C)CC2. The van der Waals surface area contributed by atoms with Crippen LogP contribution in [0.25, 0.3) is 11.1 Å². The van der Waals surface area contributed by atoms with Gasteiger partial charge in [-0.3, -0.25) is 4.79 Å². The van der Waals surface area contributed by atoms with Crippen LogP contribution in [-0.2, 0) is 27.3 Å². The number of nitrogens with zero attached hydrogens (tertiary/aromatic N) is 1. The van der Waals surface area contributed by atoms with Crippen molar-refractivity contribution in [2.24, 2.45) is 0 Å². The molecule has 1 aliphatic rings. The lowest BCUT2D eigenvalue weighted by Gasteiger charge is -2.29. The first kappa shape index (κ1) is 17.2. The minimum absolute atomic E-state index is 0.181. The van der Waals surface area contributed by atoms with Gasteiger partial charge in [-0.15, -0.1) is 0 Å². The zero-order chi connectivity index (χ0) is 17.8. The largest absolute Gasteiger partial charge is 0.459 e. The lowest BCUT2D eigenvalue weighted by molar-refractivity contribution is -0.152. The normalized spacial score (nSPS) is 13.8. The zero-order valence-corrected chi connectivity index (χ0v) is 14.5. The van der Waals surface area contributed by atoms with Crippen LogP contribution in [0.1, 0.15) is 18.1 Å². The number of likely N-dealkylation sites (N-methyl/N-ethyl adjacent to an activating group) is 1. The summed E-state index contributed by atoms with van der Waals surface area (Å²) in [5.41, 5.74) is 5.31. The monoisotopic (exact) mass is 338 g/mol. The predicted molar refractivity (Wildman–Crippen MR) is 97.2 cm³/mol. The smallest absolute Gasteiger partial charge is 0.397 e. The van der Waals surface area contributed by atoms with Gasteiger partial charge in [-0.25, -0.2) is 4.79 Å². The maximum atomic E-state index is 12.0. The zero-order valence-electron chi connectivity index (χ0n) is 14.5. The number of ether oxygens (including phenoxy) is 1. The Labute approximate surface area is 147 Å². The number of carbonyl (C=O) groups is 2. The van der Waals surface area contributed by atoms with Crippen LogP contribution in [0.4, 0.5) is 5.69 Å². The van der Waals surface area contributed by atoms with Crippen LogP contribution in [0.5, 0.6) is 0 Å². The van der Waals surface area contributed by atoms with Crippen LogP contribution in [-0.4, -0.2) is 37.0 Å². The number of anilines is 1. The molecule has 5 heteroatoms. The fourth-order valence-electron chi connectivity index (χ4n) is 3.19. The van der Waals surface area contributed by atoms with E-state index in [0.717, 1.165) is 30.6 Å². The van der Waals surface area contributed by atoms with Crippen molar-refractivity contribution in [1.82, 2.24) is 4.90 Å². The highest BCUT2D eigenvalue weighted by molar-refractivity contribution is 6.37. The molecule has 25 heavy (non-hydrogen) atoms. The molecule has 1 heterocycles. The van der Waals surface area contributed by atoms with E-state index >= 15 is 0 Å². The standard InChI is InChI=1S/C20H22N2O3/c1-3-25-20(24)19(23)21-18-10-9-15(14-7-5-4-6-8-14)16-11-12-22(2)13-17(16)18/h4-10H,3,11-13H2,1-2H3,(H,21,23). The van der Waals surface area contributed by atoms with Gasteiger partial charge >= 0.3 is 11.9 Å². The minimum atomic E-state index is -0.854. The van der Waals surface area contributed by atoms with Crippen molar-refractivity contribution in [1.29, 1.82) is 0 Å². The Morgan fingerprint density at radius 3 is 2.60 bits per heavy atom. The van der Waals surface area contributed by atoms with Crippen molar-refractivity contribution < 1.29 is 14.3 Å². The molecule has 2 aromatic rings. The van der Waals surface area contributed by atoms with Gasteiger partial charge in [-0.1, -0.05) is 36.4 Å². The van der Waals surface area contributed by atoms with Gasteiger partial charge in [0.2, 0.25) is 0 Å². The van der Waals surface area contributed by atoms with E-state index in [2.05, 4.69) is 29.4 Å². The molecule has 0 bridgehead atoms. The number of rotatable bonds is 3. The van der Waals surface area contributed by atoms with Crippen molar-refractivity contribution in [2.75, 3.05) is 25.5 Å². The predicted octanol–water partition coefficient (Wildman–Crippen LogP) is 2.84. The molecule has 3 rings (SSSR count). The second-order valence-corrected chi connectivity index (χ2v) is 6.15. The molecule has 5 nitrogen and oxygen atoms in total. The summed E-state index contributed by atoms with van der Waals surface area (Å²) in [6.07, 6.45) is 0.902. The number of hydrogen-bond donors (Lipinski definition) is 1. The average molecular weight is 338 g/mol. The van der Waals surface area contributed by atoms with Crippen LogP contribution < -0.4 is 5.32 Å². The molecular weight excluding hydrogens is 316 g/mol. The van der Waals surface area contributed by atoms with Gasteiger partial charge in [0.1, 0.15) is 0 Å². The number of fused-ring (bicyclic) bond motifs is 1. The number of hydrogen-bond acceptors (Lipinski definition) is 4. The molecule has 1 amide bonds. The molecule has 130 valence electrons. The molecule has 1 N–H and O–H groups in total. The summed E-state index contributed by atoms with van der Waals surface area (Å²) in [5.74, 6) is -1.59. The molecule has 1 aliphatic heterocycles. The maximum Gasteiger partial charge on any atom is 0.397 e. The Bertz CT molecular complexity index is 787. The van der Waals surface area contributed by atoms with Gasteiger partial charge in [-0.2, -0.15) is 0 Å². The van der Waals surface area contributed by atoms with Crippen LogP contribution in [0.2, 0.25) is 0 Å². The average Bonchev–Trinajstić information content (AvgIpc) is 2.63. The maximum absolute atomic E-state index is 12.0. The molecular formula is C20H22N2O3. The van der Waals surface area contributed by atoms with Crippen LogP contribution in [0, 0.1) is 0 Å². The summed E-state index contributed by atoms with van der Waals surface area (Å²) in [4.78, 5) is 25.9. The summed E-state index contributed by atoms with van der Waals surface area (Å²) in [6, 6.07) is 14.1. The van der Waals surface area contributed by atoms with Gasteiger partial charge in [0.25, 0.3) is 0 Å². The van der Waals surface area contributed by atoms with E-state index in [-0.39, 0.29) is 6.61 Å². The van der Waals surface area contributed by atoms with E-state index < -0.39 is 11.9 Å². The highest BCUT2D eigenvalue weighted by atomic mass is 16.5. The number of benzene rings is 2. The van der Waals surface area contributed by atoms with Gasteiger partial charge in [-0.05, 0) is 48.7 Å². The van der Waals surface area contributed by atoms with Gasteiger partial charge in [0.15, 0.2) is 0 Å². The number of nitrogens with one attached hydrogen (secondary N) is 1. The highest BCUT2D eigenvalue weighted by Gasteiger charge is 2.23. The summed E-state index contributed by atoms with van der Waals surface area (Å²) < 4.78 is 4.77. The van der Waals surface area contributed by atoms with Crippen LogP contribution in [0.3, 0.4) is 0 Å². The molecule has 0 atom stereocenters. The van der Waals surface area contributed by atoms with Gasteiger partial charge in [0.05, 0.1) is 6.61 Å². The van der Waals surface area contributed by atoms with Crippen LogP contribution >= 0.6 is 0 Å². The third kappa shape index (κ3) is 3.72. The quantitative estimate of drug-likeness (QED) is 0.691. The molecule has 0 saturated heterocycles. The molecule has 0 saturated carbocycles. The third-order valence-corrected chi connectivity index (χ3v) is 4.40. The first-order valence-corrected chi connectivity index (χ1v) is 8.47. The lowest BCUT2D eigenvalue weighted by atomic mass is 9.89. The molecule has 0 radical (unpaired) electrons. The fourth-order valence-corrected chi connectivity index (χ4v) is 3.19. The molecule has 0 aliphatic carbocycles. The first-order valence-electron chi connectivity index (χ1n) is 8.47. The molecule has 0 spiro atoms. The number of esters is 1. The lowest BCUT2D eigenvalue weighted by Crippen LogP contribution is -2.30. The first-order chi connectivity index (χ1) is 12.1. The summed E-state index contributed by atoms with van der Waals surface area (Å²) in [6.45, 7) is 3.55. The van der Waals surface area contributed by atoms with E-state index in [4.69, 9.17) is 4.74 Å². The van der Waals surface area contributed by atoms with E-state index in [9.17, 15) is 9.59 Å². The van der Waals surface area contributed by atoms with Crippen molar-refractivity contribution >= 4 is 17.6 Å². The van der Waals surface area contributed by atoms with E-state index in [1.165, 1.54) is 11.1 Å². The number of carbonyl (C=O) groups excluding carboxylic acids is 2. The molecule has 0 aromatic heterocycles. The molecule has 0 unspecified atom stereocenters. The minimum Gasteiger partial charge on any atom is -0.459 e. The van der Waals surface area contributed by atoms with Gasteiger partial charge < -0.3 is 15.0 Å². The Kier molecular flexibility index (Phi) is 5.14. The Morgan fingerprint density at radius 1 is 1.12 bits per heavy atom. The van der Waals surface area contributed by atoms with Crippen molar-refractivity contribution in [3.8, 4) is 11.1 Å². The second-order valence-electron chi connectivity index (χ2n) is 6.15.